The summed E-state index contributed by atoms with van der Waals surface area (Å²) in [5, 5.41) is 22.1. The minimum Gasteiger partial charge on any atom is -0.390 e. The second-order valence-corrected chi connectivity index (χ2v) is 11.3. The lowest BCUT2D eigenvalue weighted by Gasteiger charge is -2.26. The number of fused-ring (bicyclic) bond motifs is 1. The van der Waals surface area contributed by atoms with Crippen molar-refractivity contribution >= 4 is 28.5 Å². The fourth-order valence-corrected chi connectivity index (χ4v) is 5.25. The molecule has 0 unspecified atom stereocenters. The molecule has 39 heavy (non-hydrogen) atoms. The standard InChI is InChI=1S/C32H47N3O4/c1-23(2)31-32(39)33-19-13-9-7-5-3-4-6-8-10-16-29(37)34-27(28(36)22-30(38)35-31)21-24-17-18-25-14-11-12-15-26(25)20-24/h11-12,14-15,17-18,20,23,27-28,31,36H,3-10,13,16,19,21-22H2,1-2H3,(H,33,39)(H,34,37)(H,35,38)/t27-,28-,31-/m0/s1. The molecule has 3 rings (SSSR count). The molecule has 0 bridgehead atoms. The van der Waals surface area contributed by atoms with Crippen molar-refractivity contribution in [3.05, 3.63) is 48.0 Å². The largest absolute Gasteiger partial charge is 0.390 e. The van der Waals surface area contributed by atoms with Crippen LogP contribution in [0.1, 0.15) is 90.0 Å². The third-order valence-corrected chi connectivity index (χ3v) is 7.62. The van der Waals surface area contributed by atoms with E-state index in [0.29, 0.717) is 19.4 Å². The van der Waals surface area contributed by atoms with Gasteiger partial charge in [-0.05, 0) is 41.5 Å². The predicted octanol–water partition coefficient (Wildman–Crippen LogP) is 4.79. The van der Waals surface area contributed by atoms with Gasteiger partial charge in [0.1, 0.15) is 6.04 Å². The highest BCUT2D eigenvalue weighted by molar-refractivity contribution is 5.88. The van der Waals surface area contributed by atoms with E-state index in [1.165, 1.54) is 19.3 Å². The van der Waals surface area contributed by atoms with Gasteiger partial charge in [-0.25, -0.2) is 0 Å². The number of rotatable bonds is 3. The van der Waals surface area contributed by atoms with Gasteiger partial charge in [0.05, 0.1) is 18.6 Å². The zero-order chi connectivity index (χ0) is 28.0. The molecule has 0 aliphatic carbocycles. The van der Waals surface area contributed by atoms with Crippen molar-refractivity contribution in [3.63, 3.8) is 0 Å². The van der Waals surface area contributed by atoms with Crippen molar-refractivity contribution < 1.29 is 19.5 Å². The van der Waals surface area contributed by atoms with Crippen LogP contribution in [0.2, 0.25) is 0 Å². The summed E-state index contributed by atoms with van der Waals surface area (Å²) >= 11 is 0. The lowest BCUT2D eigenvalue weighted by Crippen LogP contribution is -2.52. The maximum Gasteiger partial charge on any atom is 0.242 e. The smallest absolute Gasteiger partial charge is 0.242 e. The predicted molar refractivity (Wildman–Crippen MR) is 156 cm³/mol. The Kier molecular flexibility index (Phi) is 12.7. The van der Waals surface area contributed by atoms with Gasteiger partial charge in [0.2, 0.25) is 17.7 Å². The minimum atomic E-state index is -1.09. The molecule has 1 fully saturated rings. The Bertz CT molecular complexity index is 1070. The second kappa shape index (κ2) is 16.2. The van der Waals surface area contributed by atoms with Crippen LogP contribution in [0, 0.1) is 5.92 Å². The topological polar surface area (TPSA) is 108 Å². The van der Waals surface area contributed by atoms with Crippen LogP contribution in [0.25, 0.3) is 10.8 Å². The zero-order valence-corrected chi connectivity index (χ0v) is 23.7. The first kappa shape index (κ1) is 30.6. The van der Waals surface area contributed by atoms with Gasteiger partial charge in [0, 0.05) is 13.0 Å². The van der Waals surface area contributed by atoms with Crippen LogP contribution < -0.4 is 16.0 Å². The summed E-state index contributed by atoms with van der Waals surface area (Å²) in [7, 11) is 0. The number of nitrogens with one attached hydrogen (secondary N) is 3. The number of amides is 3. The van der Waals surface area contributed by atoms with E-state index in [9.17, 15) is 19.5 Å². The van der Waals surface area contributed by atoms with Crippen LogP contribution in [-0.2, 0) is 20.8 Å². The first-order chi connectivity index (χ1) is 18.8. The highest BCUT2D eigenvalue weighted by Crippen LogP contribution is 2.19. The van der Waals surface area contributed by atoms with Crippen molar-refractivity contribution in [1.82, 2.24) is 16.0 Å². The van der Waals surface area contributed by atoms with Crippen molar-refractivity contribution in [1.29, 1.82) is 0 Å². The number of carbonyl (C=O) groups excluding carboxylic acids is 3. The van der Waals surface area contributed by atoms with Gasteiger partial charge >= 0.3 is 0 Å². The third-order valence-electron chi connectivity index (χ3n) is 7.62. The van der Waals surface area contributed by atoms with Gasteiger partial charge in [0.15, 0.2) is 0 Å². The summed E-state index contributed by atoms with van der Waals surface area (Å²) < 4.78 is 0. The summed E-state index contributed by atoms with van der Waals surface area (Å²) in [4.78, 5) is 38.6. The Morgan fingerprint density at radius 2 is 1.44 bits per heavy atom. The van der Waals surface area contributed by atoms with Crippen molar-refractivity contribution in [3.8, 4) is 0 Å². The van der Waals surface area contributed by atoms with E-state index in [-0.39, 0.29) is 24.2 Å². The fourth-order valence-electron chi connectivity index (χ4n) is 5.25. The monoisotopic (exact) mass is 537 g/mol. The molecule has 214 valence electrons. The molecule has 3 atom stereocenters. The number of hydrogen-bond donors (Lipinski definition) is 4. The number of hydrogen-bond acceptors (Lipinski definition) is 4. The first-order valence-electron chi connectivity index (χ1n) is 14.9. The Morgan fingerprint density at radius 1 is 0.795 bits per heavy atom. The van der Waals surface area contributed by atoms with Crippen molar-refractivity contribution in [2.24, 2.45) is 5.92 Å². The van der Waals surface area contributed by atoms with Crippen LogP contribution >= 0.6 is 0 Å². The van der Waals surface area contributed by atoms with Crippen LogP contribution in [-0.4, -0.2) is 47.6 Å². The molecule has 7 nitrogen and oxygen atoms in total. The van der Waals surface area contributed by atoms with E-state index in [2.05, 4.69) is 22.0 Å². The zero-order valence-electron chi connectivity index (χ0n) is 23.7. The number of aliphatic hydroxyl groups is 1. The Hall–Kier alpha value is -2.93. The summed E-state index contributed by atoms with van der Waals surface area (Å²) in [6.07, 6.45) is 9.16. The maximum absolute atomic E-state index is 13.0. The number of benzene rings is 2. The third kappa shape index (κ3) is 10.6. The highest BCUT2D eigenvalue weighted by Gasteiger charge is 2.28. The Labute approximate surface area is 233 Å². The minimum absolute atomic E-state index is 0.0965. The molecule has 2 aromatic carbocycles. The molecular weight excluding hydrogens is 490 g/mol. The molecule has 0 aromatic heterocycles. The van der Waals surface area contributed by atoms with Gasteiger partial charge in [-0.3, -0.25) is 14.4 Å². The Balaban J connectivity index is 1.73. The maximum atomic E-state index is 13.0. The molecule has 0 spiro atoms. The number of carbonyl (C=O) groups is 3. The van der Waals surface area contributed by atoms with Gasteiger partial charge in [-0.15, -0.1) is 0 Å². The summed E-state index contributed by atoms with van der Waals surface area (Å²) in [6.45, 7) is 4.39. The number of aliphatic hydroxyl groups excluding tert-OH is 1. The molecule has 1 heterocycles. The molecule has 0 saturated carbocycles. The highest BCUT2D eigenvalue weighted by atomic mass is 16.3. The summed E-state index contributed by atoms with van der Waals surface area (Å²) in [5.41, 5.74) is 0.975. The molecule has 1 aliphatic heterocycles. The molecule has 0 radical (unpaired) electrons. The van der Waals surface area contributed by atoms with Crippen LogP contribution in [0.3, 0.4) is 0 Å². The summed E-state index contributed by atoms with van der Waals surface area (Å²) in [5.74, 6) is -0.800. The first-order valence-corrected chi connectivity index (χ1v) is 14.9. The van der Waals surface area contributed by atoms with Crippen molar-refractivity contribution in [2.45, 2.75) is 109 Å². The van der Waals surface area contributed by atoms with Crippen LogP contribution in [0.4, 0.5) is 0 Å². The van der Waals surface area contributed by atoms with Gasteiger partial charge in [-0.1, -0.05) is 101 Å². The van der Waals surface area contributed by atoms with E-state index >= 15 is 0 Å². The average Bonchev–Trinajstić information content (AvgIpc) is 2.91. The quantitative estimate of drug-likeness (QED) is 0.452. The lowest BCUT2D eigenvalue weighted by molar-refractivity contribution is -0.131. The van der Waals surface area contributed by atoms with Gasteiger partial charge in [0.25, 0.3) is 0 Å². The average molecular weight is 538 g/mol. The van der Waals surface area contributed by atoms with E-state index in [0.717, 1.165) is 54.9 Å². The van der Waals surface area contributed by atoms with Crippen LogP contribution in [0.15, 0.2) is 42.5 Å². The van der Waals surface area contributed by atoms with E-state index in [1.54, 1.807) is 0 Å². The van der Waals surface area contributed by atoms with E-state index in [4.69, 9.17) is 0 Å². The fraction of sp³-hybridized carbons (Fsp3) is 0.594. The molecule has 1 aliphatic rings. The lowest BCUT2D eigenvalue weighted by atomic mass is 9.96. The van der Waals surface area contributed by atoms with E-state index in [1.807, 2.05) is 50.2 Å². The summed E-state index contributed by atoms with van der Waals surface area (Å²) in [6, 6.07) is 12.9. The second-order valence-electron chi connectivity index (χ2n) is 11.3. The van der Waals surface area contributed by atoms with Gasteiger partial charge in [-0.2, -0.15) is 0 Å². The molecule has 1 saturated heterocycles. The van der Waals surface area contributed by atoms with Crippen LogP contribution in [0.5, 0.6) is 0 Å². The van der Waals surface area contributed by atoms with E-state index < -0.39 is 24.1 Å². The van der Waals surface area contributed by atoms with Gasteiger partial charge < -0.3 is 21.1 Å². The normalized spacial score (nSPS) is 23.9. The Morgan fingerprint density at radius 3 is 2.13 bits per heavy atom. The SMILES string of the molecule is CC(C)[C@@H]1NC(=O)C[C@H](O)[C@H](Cc2ccc3ccccc3c2)NC(=O)CCCCCCCCCCCNC1=O. The molecule has 4 N–H and O–H groups in total. The molecule has 7 heteroatoms. The molecule has 2 aromatic rings. The molecular formula is C32H47N3O4. The van der Waals surface area contributed by atoms with Crippen molar-refractivity contribution in [2.75, 3.05) is 6.54 Å². The molecule has 3 amide bonds.